The van der Waals surface area contributed by atoms with Crippen LogP contribution in [0, 0.1) is 5.82 Å². The van der Waals surface area contributed by atoms with Crippen LogP contribution in [0.25, 0.3) is 0 Å². The average molecular weight is 282 g/mol. The first kappa shape index (κ1) is 15.3. The van der Waals surface area contributed by atoms with Gasteiger partial charge in [-0.2, -0.15) is 0 Å². The molecule has 3 nitrogen and oxygen atoms in total. The molecule has 0 atom stereocenters. The molecule has 4 heteroatoms. The molecule has 0 radical (unpaired) electrons. The maximum Gasteiger partial charge on any atom is 0.165 e. The van der Waals surface area contributed by atoms with Crippen molar-refractivity contribution in [1.29, 1.82) is 0 Å². The van der Waals surface area contributed by atoms with Gasteiger partial charge in [0.05, 0.1) is 12.7 Å². The van der Waals surface area contributed by atoms with Crippen molar-refractivity contribution in [2.75, 3.05) is 26.4 Å². The van der Waals surface area contributed by atoms with Crippen molar-refractivity contribution >= 4 is 0 Å². The van der Waals surface area contributed by atoms with Crippen molar-refractivity contribution in [2.24, 2.45) is 0 Å². The van der Waals surface area contributed by atoms with Gasteiger partial charge >= 0.3 is 0 Å². The third-order valence-corrected chi connectivity index (χ3v) is 3.49. The molecule has 1 heterocycles. The van der Waals surface area contributed by atoms with Crippen LogP contribution in [-0.2, 0) is 9.47 Å². The van der Waals surface area contributed by atoms with Crippen molar-refractivity contribution in [3.8, 4) is 5.75 Å². The van der Waals surface area contributed by atoms with Crippen molar-refractivity contribution in [2.45, 2.75) is 38.7 Å². The molecule has 0 N–H and O–H groups in total. The molecule has 1 aromatic carbocycles. The summed E-state index contributed by atoms with van der Waals surface area (Å²) in [5.74, 6) is 0.308. The summed E-state index contributed by atoms with van der Waals surface area (Å²) in [4.78, 5) is 0. The zero-order chi connectivity index (χ0) is 14.4. The van der Waals surface area contributed by atoms with Crippen molar-refractivity contribution in [1.82, 2.24) is 0 Å². The predicted molar refractivity (Wildman–Crippen MR) is 75.8 cm³/mol. The van der Waals surface area contributed by atoms with Gasteiger partial charge < -0.3 is 14.2 Å². The Hall–Kier alpha value is -1.13. The van der Waals surface area contributed by atoms with Crippen molar-refractivity contribution in [3.05, 3.63) is 29.6 Å². The Balaban J connectivity index is 1.73. The molecule has 1 aromatic rings. The summed E-state index contributed by atoms with van der Waals surface area (Å²) in [7, 11) is 0. The zero-order valence-corrected chi connectivity index (χ0v) is 12.2. The highest BCUT2D eigenvalue weighted by molar-refractivity contribution is 5.30. The molecule has 0 unspecified atom stereocenters. The van der Waals surface area contributed by atoms with E-state index >= 15 is 0 Å². The molecule has 1 fully saturated rings. The minimum Gasteiger partial charge on any atom is -0.488 e. The first-order valence-corrected chi connectivity index (χ1v) is 7.28. The molecule has 1 aliphatic heterocycles. The fourth-order valence-electron chi connectivity index (χ4n) is 2.20. The third-order valence-electron chi connectivity index (χ3n) is 3.49. The molecule has 0 spiro atoms. The number of hydrogen-bond acceptors (Lipinski definition) is 3. The van der Waals surface area contributed by atoms with Gasteiger partial charge in [0, 0.05) is 13.2 Å². The highest BCUT2D eigenvalue weighted by atomic mass is 19.1. The molecule has 20 heavy (non-hydrogen) atoms. The van der Waals surface area contributed by atoms with Crippen LogP contribution in [0.15, 0.2) is 18.2 Å². The van der Waals surface area contributed by atoms with Gasteiger partial charge in [0.2, 0.25) is 0 Å². The fourth-order valence-corrected chi connectivity index (χ4v) is 2.20. The molecule has 1 aliphatic rings. The van der Waals surface area contributed by atoms with E-state index in [0.29, 0.717) is 24.9 Å². The second-order valence-electron chi connectivity index (χ2n) is 5.38. The van der Waals surface area contributed by atoms with Gasteiger partial charge in [0.15, 0.2) is 11.6 Å². The van der Waals surface area contributed by atoms with E-state index in [1.807, 2.05) is 19.9 Å². The van der Waals surface area contributed by atoms with Crippen molar-refractivity contribution < 1.29 is 18.6 Å². The summed E-state index contributed by atoms with van der Waals surface area (Å²) in [6.45, 7) is 6.45. The third kappa shape index (κ3) is 4.46. The molecule has 112 valence electrons. The van der Waals surface area contributed by atoms with Crippen LogP contribution in [-0.4, -0.2) is 32.5 Å². The topological polar surface area (TPSA) is 27.7 Å². The standard InChI is InChI=1S/C16H23FO3/c1-12(2)13-3-4-16(15(17)11-13)20-10-9-19-14-5-7-18-8-6-14/h3-4,11-12,14H,5-10H2,1-2H3. The fraction of sp³-hybridized carbons (Fsp3) is 0.625. The van der Waals surface area contributed by atoms with E-state index in [1.165, 1.54) is 0 Å². The van der Waals surface area contributed by atoms with Crippen LogP contribution >= 0.6 is 0 Å². The number of hydrogen-bond donors (Lipinski definition) is 0. The highest BCUT2D eigenvalue weighted by Crippen LogP contribution is 2.22. The lowest BCUT2D eigenvalue weighted by molar-refractivity contribution is -0.0390. The van der Waals surface area contributed by atoms with Gasteiger partial charge in [0.25, 0.3) is 0 Å². The Labute approximate surface area is 120 Å². The number of benzene rings is 1. The maximum atomic E-state index is 13.8. The summed E-state index contributed by atoms with van der Waals surface area (Å²) < 4.78 is 30.2. The van der Waals surface area contributed by atoms with E-state index in [1.54, 1.807) is 12.1 Å². The summed E-state index contributed by atoms with van der Waals surface area (Å²) in [5, 5.41) is 0. The Kier molecular flexibility index (Phi) is 5.80. The molecule has 0 aromatic heterocycles. The molecule has 0 bridgehead atoms. The molecule has 0 saturated carbocycles. The Morgan fingerprint density at radius 1 is 1.25 bits per heavy atom. The summed E-state index contributed by atoms with van der Waals surface area (Å²) in [6, 6.07) is 5.14. The normalized spacial score (nSPS) is 16.6. The van der Waals surface area contributed by atoms with Crippen LogP contribution in [0.5, 0.6) is 5.75 Å². The van der Waals surface area contributed by atoms with Gasteiger partial charge in [-0.3, -0.25) is 0 Å². The lowest BCUT2D eigenvalue weighted by Crippen LogP contribution is -2.25. The second-order valence-corrected chi connectivity index (χ2v) is 5.38. The van der Waals surface area contributed by atoms with E-state index in [-0.39, 0.29) is 11.9 Å². The molecular weight excluding hydrogens is 259 g/mol. The predicted octanol–water partition coefficient (Wildman–Crippen LogP) is 3.52. The average Bonchev–Trinajstić information content (AvgIpc) is 2.46. The molecule has 1 saturated heterocycles. The van der Waals surface area contributed by atoms with E-state index in [2.05, 4.69) is 0 Å². The largest absolute Gasteiger partial charge is 0.488 e. The first-order chi connectivity index (χ1) is 9.66. The second kappa shape index (κ2) is 7.60. The number of halogens is 1. The molecule has 0 amide bonds. The van der Waals surface area contributed by atoms with Gasteiger partial charge in [-0.15, -0.1) is 0 Å². The van der Waals surface area contributed by atoms with Crippen LogP contribution in [0.2, 0.25) is 0 Å². The molecular formula is C16H23FO3. The van der Waals surface area contributed by atoms with Crippen LogP contribution in [0.1, 0.15) is 38.2 Å². The van der Waals surface area contributed by atoms with Crippen LogP contribution in [0.3, 0.4) is 0 Å². The van der Waals surface area contributed by atoms with E-state index in [4.69, 9.17) is 14.2 Å². The van der Waals surface area contributed by atoms with Gasteiger partial charge in [0.1, 0.15) is 6.61 Å². The zero-order valence-electron chi connectivity index (χ0n) is 12.2. The first-order valence-electron chi connectivity index (χ1n) is 7.28. The summed E-state index contributed by atoms with van der Waals surface area (Å²) in [5.41, 5.74) is 0.980. The SMILES string of the molecule is CC(C)c1ccc(OCCOC2CCOCC2)c(F)c1. The minimum absolute atomic E-state index is 0.250. The summed E-state index contributed by atoms with van der Waals surface area (Å²) in [6.07, 6.45) is 2.11. The van der Waals surface area contributed by atoms with Gasteiger partial charge in [-0.05, 0) is 36.5 Å². The quantitative estimate of drug-likeness (QED) is 0.747. The number of rotatable bonds is 6. The van der Waals surface area contributed by atoms with E-state index < -0.39 is 0 Å². The lowest BCUT2D eigenvalue weighted by Gasteiger charge is -2.22. The molecule has 0 aliphatic carbocycles. The summed E-state index contributed by atoms with van der Waals surface area (Å²) >= 11 is 0. The highest BCUT2D eigenvalue weighted by Gasteiger charge is 2.14. The Morgan fingerprint density at radius 3 is 2.65 bits per heavy atom. The number of ether oxygens (including phenoxy) is 3. The van der Waals surface area contributed by atoms with Gasteiger partial charge in [-0.1, -0.05) is 19.9 Å². The smallest absolute Gasteiger partial charge is 0.165 e. The lowest BCUT2D eigenvalue weighted by atomic mass is 10.0. The van der Waals surface area contributed by atoms with E-state index in [0.717, 1.165) is 31.6 Å². The van der Waals surface area contributed by atoms with E-state index in [9.17, 15) is 4.39 Å². The molecule has 2 rings (SSSR count). The maximum absolute atomic E-state index is 13.8. The Bertz CT molecular complexity index is 414. The monoisotopic (exact) mass is 282 g/mol. The van der Waals surface area contributed by atoms with Crippen molar-refractivity contribution in [3.63, 3.8) is 0 Å². The van der Waals surface area contributed by atoms with Crippen LogP contribution < -0.4 is 4.74 Å². The van der Waals surface area contributed by atoms with Crippen LogP contribution in [0.4, 0.5) is 4.39 Å². The Morgan fingerprint density at radius 2 is 2.00 bits per heavy atom. The minimum atomic E-state index is -0.303. The van der Waals surface area contributed by atoms with Gasteiger partial charge in [-0.25, -0.2) is 4.39 Å².